The van der Waals surface area contributed by atoms with Gasteiger partial charge in [-0.1, -0.05) is 5.16 Å². The standard InChI is InChI=1S/C15H15N5O/c1-7-11-12(14-17-13(18-19-14)8-5-6-8)9-3-2-4-10(9)16-15(11)21-20-7/h8H,2-6H2,1H3,(H,17,18,19). The number of rotatable bonds is 2. The molecule has 0 bridgehead atoms. The monoisotopic (exact) mass is 281 g/mol. The van der Waals surface area contributed by atoms with Crippen molar-refractivity contribution in [1.82, 2.24) is 25.3 Å². The molecule has 2 aliphatic carbocycles. The SMILES string of the molecule is Cc1noc2nc3c(c(-c4n[nH]c(C5CC5)n4)c12)CCC3. The Balaban J connectivity index is 1.81. The number of pyridine rings is 1. The van der Waals surface area contributed by atoms with Crippen LogP contribution in [0.1, 0.15) is 48.0 Å². The summed E-state index contributed by atoms with van der Waals surface area (Å²) in [6.07, 6.45) is 5.59. The Morgan fingerprint density at radius 3 is 2.95 bits per heavy atom. The van der Waals surface area contributed by atoms with Gasteiger partial charge in [-0.05, 0) is 44.6 Å². The lowest BCUT2D eigenvalue weighted by atomic mass is 10.0. The van der Waals surface area contributed by atoms with Gasteiger partial charge in [0.25, 0.3) is 5.71 Å². The topological polar surface area (TPSA) is 80.5 Å². The number of aromatic nitrogens is 5. The van der Waals surface area contributed by atoms with Crippen molar-refractivity contribution in [3.05, 3.63) is 22.8 Å². The van der Waals surface area contributed by atoms with Gasteiger partial charge >= 0.3 is 0 Å². The highest BCUT2D eigenvalue weighted by Gasteiger charge is 2.30. The molecule has 1 N–H and O–H groups in total. The van der Waals surface area contributed by atoms with E-state index < -0.39 is 0 Å². The normalized spacial score (nSPS) is 17.6. The Morgan fingerprint density at radius 2 is 2.10 bits per heavy atom. The number of aromatic amines is 1. The van der Waals surface area contributed by atoms with Gasteiger partial charge < -0.3 is 4.52 Å². The third-order valence-corrected chi connectivity index (χ3v) is 4.51. The summed E-state index contributed by atoms with van der Waals surface area (Å²) in [6.45, 7) is 1.95. The molecule has 0 saturated heterocycles. The fourth-order valence-corrected chi connectivity index (χ4v) is 3.29. The van der Waals surface area contributed by atoms with Crippen molar-refractivity contribution in [2.75, 3.05) is 0 Å². The van der Waals surface area contributed by atoms with Crippen LogP contribution in [0.2, 0.25) is 0 Å². The zero-order chi connectivity index (χ0) is 14.0. The first-order chi connectivity index (χ1) is 10.3. The predicted molar refractivity (Wildman–Crippen MR) is 75.9 cm³/mol. The molecule has 0 unspecified atom stereocenters. The Morgan fingerprint density at radius 1 is 1.19 bits per heavy atom. The summed E-state index contributed by atoms with van der Waals surface area (Å²) in [4.78, 5) is 9.35. The zero-order valence-electron chi connectivity index (χ0n) is 11.8. The highest BCUT2D eigenvalue weighted by Crippen LogP contribution is 2.40. The van der Waals surface area contributed by atoms with E-state index in [0.717, 1.165) is 53.2 Å². The number of aryl methyl sites for hydroxylation is 2. The van der Waals surface area contributed by atoms with Crippen LogP contribution in [0.5, 0.6) is 0 Å². The van der Waals surface area contributed by atoms with Crippen molar-refractivity contribution in [3.8, 4) is 11.4 Å². The third kappa shape index (κ3) is 1.58. The van der Waals surface area contributed by atoms with E-state index in [-0.39, 0.29) is 0 Å². The summed E-state index contributed by atoms with van der Waals surface area (Å²) in [5.41, 5.74) is 4.94. The lowest BCUT2D eigenvalue weighted by Gasteiger charge is -2.05. The van der Waals surface area contributed by atoms with Crippen LogP contribution >= 0.6 is 0 Å². The maximum atomic E-state index is 5.38. The fourth-order valence-electron chi connectivity index (χ4n) is 3.29. The minimum absolute atomic E-state index is 0.570. The van der Waals surface area contributed by atoms with Crippen LogP contribution < -0.4 is 0 Å². The molecule has 21 heavy (non-hydrogen) atoms. The Kier molecular flexibility index (Phi) is 2.12. The van der Waals surface area contributed by atoms with Gasteiger partial charge in [0.05, 0.1) is 11.1 Å². The Hall–Kier alpha value is -2.24. The molecule has 5 rings (SSSR count). The second-order valence-electron chi connectivity index (χ2n) is 6.03. The maximum absolute atomic E-state index is 5.38. The molecule has 3 aromatic rings. The highest BCUT2D eigenvalue weighted by molar-refractivity contribution is 5.94. The van der Waals surface area contributed by atoms with E-state index in [1.807, 2.05) is 6.92 Å². The molecule has 1 fully saturated rings. The smallest absolute Gasteiger partial charge is 0.258 e. The van der Waals surface area contributed by atoms with Crippen molar-refractivity contribution >= 4 is 11.1 Å². The van der Waals surface area contributed by atoms with Crippen LogP contribution in [0.15, 0.2) is 4.52 Å². The Bertz CT molecular complexity index is 858. The number of nitrogens with one attached hydrogen (secondary N) is 1. The average Bonchev–Trinajstić information content (AvgIpc) is 2.91. The molecule has 6 nitrogen and oxygen atoms in total. The van der Waals surface area contributed by atoms with E-state index in [1.165, 1.54) is 18.4 Å². The Labute approximate surface area is 121 Å². The first-order valence-corrected chi connectivity index (χ1v) is 7.51. The molecule has 0 aromatic carbocycles. The third-order valence-electron chi connectivity index (χ3n) is 4.51. The average molecular weight is 281 g/mol. The van der Waals surface area contributed by atoms with E-state index in [9.17, 15) is 0 Å². The highest BCUT2D eigenvalue weighted by atomic mass is 16.5. The molecular formula is C15H15N5O. The van der Waals surface area contributed by atoms with Crippen molar-refractivity contribution in [1.29, 1.82) is 0 Å². The van der Waals surface area contributed by atoms with Crippen LogP contribution in [-0.4, -0.2) is 25.3 Å². The van der Waals surface area contributed by atoms with Gasteiger partial charge in [0.15, 0.2) is 5.82 Å². The maximum Gasteiger partial charge on any atom is 0.258 e. The van der Waals surface area contributed by atoms with E-state index in [4.69, 9.17) is 9.51 Å². The van der Waals surface area contributed by atoms with Crippen molar-refractivity contribution in [2.24, 2.45) is 0 Å². The first-order valence-electron chi connectivity index (χ1n) is 7.51. The van der Waals surface area contributed by atoms with E-state index >= 15 is 0 Å². The van der Waals surface area contributed by atoms with Crippen LogP contribution in [0.4, 0.5) is 0 Å². The summed E-state index contributed by atoms with van der Waals surface area (Å²) in [6, 6.07) is 0. The molecule has 0 atom stereocenters. The number of nitrogens with zero attached hydrogens (tertiary/aromatic N) is 4. The molecule has 2 aliphatic rings. The lowest BCUT2D eigenvalue weighted by Crippen LogP contribution is -1.96. The van der Waals surface area contributed by atoms with Crippen molar-refractivity contribution in [3.63, 3.8) is 0 Å². The number of hydrogen-bond donors (Lipinski definition) is 1. The minimum Gasteiger partial charge on any atom is -0.336 e. The molecule has 0 aliphatic heterocycles. The van der Waals surface area contributed by atoms with E-state index in [0.29, 0.717) is 11.6 Å². The van der Waals surface area contributed by atoms with Gasteiger partial charge in [-0.3, -0.25) is 5.10 Å². The molecular weight excluding hydrogens is 266 g/mol. The second-order valence-corrected chi connectivity index (χ2v) is 6.03. The van der Waals surface area contributed by atoms with Crippen LogP contribution in [0.25, 0.3) is 22.5 Å². The van der Waals surface area contributed by atoms with Crippen LogP contribution in [0.3, 0.4) is 0 Å². The summed E-state index contributed by atoms with van der Waals surface area (Å²) in [7, 11) is 0. The van der Waals surface area contributed by atoms with Crippen LogP contribution in [0, 0.1) is 6.92 Å². The number of H-pyrrole nitrogens is 1. The molecule has 106 valence electrons. The number of hydrogen-bond acceptors (Lipinski definition) is 5. The summed E-state index contributed by atoms with van der Waals surface area (Å²) in [5.74, 6) is 2.35. The molecule has 3 aromatic heterocycles. The molecule has 0 amide bonds. The summed E-state index contributed by atoms with van der Waals surface area (Å²) in [5, 5.41) is 12.6. The predicted octanol–water partition coefficient (Wildman–Crippen LogP) is 2.68. The quantitative estimate of drug-likeness (QED) is 0.781. The molecule has 0 radical (unpaired) electrons. The van der Waals surface area contributed by atoms with Gasteiger partial charge in [-0.25, -0.2) is 9.97 Å². The van der Waals surface area contributed by atoms with Gasteiger partial charge in [-0.15, -0.1) is 0 Å². The van der Waals surface area contributed by atoms with Gasteiger partial charge in [0.1, 0.15) is 5.82 Å². The van der Waals surface area contributed by atoms with E-state index in [1.54, 1.807) is 0 Å². The molecule has 0 spiro atoms. The van der Waals surface area contributed by atoms with Crippen LogP contribution in [-0.2, 0) is 12.8 Å². The second kappa shape index (κ2) is 3.90. The zero-order valence-corrected chi connectivity index (χ0v) is 11.8. The molecule has 3 heterocycles. The first kappa shape index (κ1) is 11.4. The fraction of sp³-hybridized carbons (Fsp3) is 0.467. The molecule has 1 saturated carbocycles. The molecule has 6 heteroatoms. The van der Waals surface area contributed by atoms with Crippen molar-refractivity contribution < 1.29 is 4.52 Å². The van der Waals surface area contributed by atoms with Gasteiger partial charge in [-0.2, -0.15) is 5.10 Å². The minimum atomic E-state index is 0.570. The summed E-state index contributed by atoms with van der Waals surface area (Å²) >= 11 is 0. The van der Waals surface area contributed by atoms with E-state index in [2.05, 4.69) is 20.3 Å². The van der Waals surface area contributed by atoms with Gasteiger partial charge in [0.2, 0.25) is 0 Å². The number of fused-ring (bicyclic) bond motifs is 2. The van der Waals surface area contributed by atoms with Crippen molar-refractivity contribution in [2.45, 2.75) is 44.9 Å². The lowest BCUT2D eigenvalue weighted by molar-refractivity contribution is 0.442. The summed E-state index contributed by atoms with van der Waals surface area (Å²) < 4.78 is 5.38. The largest absolute Gasteiger partial charge is 0.336 e. The van der Waals surface area contributed by atoms with Gasteiger partial charge in [0, 0.05) is 17.2 Å².